The highest BCUT2D eigenvalue weighted by atomic mass is 32.2. The summed E-state index contributed by atoms with van der Waals surface area (Å²) in [4.78, 5) is 16.9. The lowest BCUT2D eigenvalue weighted by atomic mass is 10.1. The molecule has 0 bridgehead atoms. The van der Waals surface area contributed by atoms with Gasteiger partial charge in [0.2, 0.25) is 0 Å². The quantitative estimate of drug-likeness (QED) is 0.802. The van der Waals surface area contributed by atoms with Crippen LogP contribution in [0.25, 0.3) is 6.08 Å². The maximum atomic E-state index is 12.1. The van der Waals surface area contributed by atoms with E-state index in [1.54, 1.807) is 7.11 Å². The van der Waals surface area contributed by atoms with Crippen molar-refractivity contribution in [3.8, 4) is 5.75 Å². The minimum absolute atomic E-state index is 0.183. The van der Waals surface area contributed by atoms with Crippen LogP contribution in [-0.2, 0) is 4.79 Å². The van der Waals surface area contributed by atoms with Crippen molar-refractivity contribution in [3.05, 3.63) is 70.1 Å². The molecule has 3 nitrogen and oxygen atoms in total. The molecule has 22 heavy (non-hydrogen) atoms. The second kappa shape index (κ2) is 6.20. The van der Waals surface area contributed by atoms with Gasteiger partial charge in [-0.1, -0.05) is 48.2 Å². The van der Waals surface area contributed by atoms with Crippen LogP contribution in [0.5, 0.6) is 5.75 Å². The van der Waals surface area contributed by atoms with Gasteiger partial charge in [-0.25, -0.2) is 4.99 Å². The first-order valence-electron chi connectivity index (χ1n) is 6.90. The topological polar surface area (TPSA) is 38.7 Å². The van der Waals surface area contributed by atoms with E-state index in [4.69, 9.17) is 4.74 Å². The number of carbonyl (C=O) groups is 1. The summed E-state index contributed by atoms with van der Waals surface area (Å²) in [7, 11) is 1.65. The number of thioether (sulfide) groups is 1. The molecule has 1 amide bonds. The van der Waals surface area contributed by atoms with Crippen LogP contribution in [0.4, 0.5) is 0 Å². The molecular formula is C18H15NO2S. The molecule has 2 aromatic carbocycles. The zero-order chi connectivity index (χ0) is 15.5. The molecular weight excluding hydrogens is 294 g/mol. The van der Waals surface area contributed by atoms with Gasteiger partial charge in [-0.15, -0.1) is 0 Å². The van der Waals surface area contributed by atoms with E-state index in [0.29, 0.717) is 4.91 Å². The second-order valence-electron chi connectivity index (χ2n) is 4.93. The molecule has 1 heterocycles. The molecule has 0 aromatic heterocycles. The van der Waals surface area contributed by atoms with E-state index in [9.17, 15) is 4.79 Å². The van der Waals surface area contributed by atoms with Gasteiger partial charge in [-0.3, -0.25) is 4.79 Å². The Labute approximate surface area is 133 Å². The van der Waals surface area contributed by atoms with Crippen molar-refractivity contribution in [3.63, 3.8) is 0 Å². The molecule has 4 heteroatoms. The Bertz CT molecular complexity index is 779. The van der Waals surface area contributed by atoms with Crippen molar-refractivity contribution in [1.82, 2.24) is 0 Å². The lowest BCUT2D eigenvalue weighted by Crippen LogP contribution is -1.90. The maximum Gasteiger partial charge on any atom is 0.284 e. The van der Waals surface area contributed by atoms with Crippen molar-refractivity contribution >= 4 is 28.8 Å². The zero-order valence-electron chi connectivity index (χ0n) is 12.4. The zero-order valence-corrected chi connectivity index (χ0v) is 13.2. The van der Waals surface area contributed by atoms with Gasteiger partial charge >= 0.3 is 0 Å². The molecule has 0 N–H and O–H groups in total. The molecule has 0 unspecified atom stereocenters. The summed E-state index contributed by atoms with van der Waals surface area (Å²) in [6.45, 7) is 1.98. The first-order chi connectivity index (χ1) is 10.7. The Morgan fingerprint density at radius 2 is 1.91 bits per heavy atom. The second-order valence-corrected chi connectivity index (χ2v) is 5.96. The number of amides is 1. The molecule has 1 aliphatic heterocycles. The molecule has 0 saturated carbocycles. The van der Waals surface area contributed by atoms with E-state index in [-0.39, 0.29) is 5.91 Å². The van der Waals surface area contributed by atoms with Gasteiger partial charge in [0.15, 0.2) is 0 Å². The van der Waals surface area contributed by atoms with E-state index in [0.717, 1.165) is 27.5 Å². The fraction of sp³-hybridized carbons (Fsp3) is 0.111. The number of hydrogen-bond acceptors (Lipinski definition) is 3. The summed E-state index contributed by atoms with van der Waals surface area (Å²) < 4.78 is 5.25. The number of hydrogen-bond donors (Lipinski definition) is 0. The summed E-state index contributed by atoms with van der Waals surface area (Å²) in [5, 5.41) is 0.752. The third-order valence-corrected chi connectivity index (χ3v) is 4.39. The van der Waals surface area contributed by atoms with Crippen LogP contribution in [0.3, 0.4) is 0 Å². The highest BCUT2D eigenvalue weighted by Gasteiger charge is 2.22. The summed E-state index contributed by atoms with van der Waals surface area (Å²) in [6.07, 6.45) is 1.87. The summed E-state index contributed by atoms with van der Waals surface area (Å²) in [6, 6.07) is 15.6. The van der Waals surface area contributed by atoms with Gasteiger partial charge < -0.3 is 4.74 Å². The van der Waals surface area contributed by atoms with Crippen molar-refractivity contribution in [2.75, 3.05) is 7.11 Å². The maximum absolute atomic E-state index is 12.1. The molecule has 0 saturated heterocycles. The van der Waals surface area contributed by atoms with Gasteiger partial charge in [0.05, 0.1) is 12.0 Å². The molecule has 0 fully saturated rings. The molecule has 0 atom stereocenters. The lowest BCUT2D eigenvalue weighted by Gasteiger charge is -2.05. The third-order valence-electron chi connectivity index (χ3n) is 3.36. The van der Waals surface area contributed by atoms with E-state index in [1.807, 2.05) is 61.5 Å². The van der Waals surface area contributed by atoms with Crippen LogP contribution >= 0.6 is 11.8 Å². The normalized spacial score (nSPS) is 16.0. The van der Waals surface area contributed by atoms with E-state index < -0.39 is 0 Å². The molecule has 3 rings (SSSR count). The smallest absolute Gasteiger partial charge is 0.284 e. The number of nitrogens with zero attached hydrogens (tertiary/aromatic N) is 1. The van der Waals surface area contributed by atoms with Crippen LogP contribution in [0, 0.1) is 6.92 Å². The van der Waals surface area contributed by atoms with Crippen LogP contribution in [0.2, 0.25) is 0 Å². The Hall–Kier alpha value is -2.33. The van der Waals surface area contributed by atoms with E-state index >= 15 is 0 Å². The molecule has 2 aromatic rings. The van der Waals surface area contributed by atoms with Crippen molar-refractivity contribution in [2.45, 2.75) is 6.92 Å². The number of rotatable bonds is 3. The Morgan fingerprint density at radius 3 is 2.59 bits per heavy atom. The first kappa shape index (κ1) is 14.6. The number of ether oxygens (including phenoxy) is 1. The molecule has 110 valence electrons. The monoisotopic (exact) mass is 309 g/mol. The number of aliphatic imine (C=N–C) groups is 1. The lowest BCUT2D eigenvalue weighted by molar-refractivity contribution is -0.113. The number of carbonyl (C=O) groups excluding carboxylic acids is 1. The summed E-state index contributed by atoms with van der Waals surface area (Å²) >= 11 is 1.41. The Kier molecular flexibility index (Phi) is 4.11. The van der Waals surface area contributed by atoms with E-state index in [2.05, 4.69) is 4.99 Å². The van der Waals surface area contributed by atoms with E-state index in [1.165, 1.54) is 11.8 Å². The number of aryl methyl sites for hydroxylation is 1. The fourth-order valence-electron chi connectivity index (χ4n) is 2.26. The third kappa shape index (κ3) is 2.97. The van der Waals surface area contributed by atoms with Crippen LogP contribution in [0.1, 0.15) is 16.7 Å². The molecule has 0 aliphatic carbocycles. The van der Waals surface area contributed by atoms with Crippen molar-refractivity contribution in [1.29, 1.82) is 0 Å². The van der Waals surface area contributed by atoms with Gasteiger partial charge in [0.25, 0.3) is 5.91 Å². The average molecular weight is 309 g/mol. The van der Waals surface area contributed by atoms with Gasteiger partial charge in [0.1, 0.15) is 10.8 Å². The predicted molar refractivity (Wildman–Crippen MR) is 91.3 cm³/mol. The fourth-order valence-corrected chi connectivity index (χ4v) is 3.17. The largest absolute Gasteiger partial charge is 0.496 e. The summed E-state index contributed by atoms with van der Waals surface area (Å²) in [5.41, 5.74) is 2.98. The van der Waals surface area contributed by atoms with Crippen LogP contribution in [-0.4, -0.2) is 18.1 Å². The van der Waals surface area contributed by atoms with Gasteiger partial charge in [-0.05, 0) is 36.3 Å². The average Bonchev–Trinajstić information content (AvgIpc) is 2.89. The predicted octanol–water partition coefficient (Wildman–Crippen LogP) is 4.06. The van der Waals surface area contributed by atoms with Gasteiger partial charge in [-0.2, -0.15) is 0 Å². The molecule has 0 radical (unpaired) electrons. The Balaban J connectivity index is 1.85. The molecule has 0 spiro atoms. The minimum Gasteiger partial charge on any atom is -0.496 e. The SMILES string of the molecule is COc1ccc(/C=C2/SC(c3ccccc3)=NC2=O)cc1C. The Morgan fingerprint density at radius 1 is 1.14 bits per heavy atom. The minimum atomic E-state index is -0.183. The first-order valence-corrected chi connectivity index (χ1v) is 7.71. The van der Waals surface area contributed by atoms with Crippen molar-refractivity contribution < 1.29 is 9.53 Å². The highest BCUT2D eigenvalue weighted by Crippen LogP contribution is 2.32. The van der Waals surface area contributed by atoms with Crippen molar-refractivity contribution in [2.24, 2.45) is 4.99 Å². The van der Waals surface area contributed by atoms with Crippen LogP contribution in [0.15, 0.2) is 58.4 Å². The van der Waals surface area contributed by atoms with Crippen LogP contribution < -0.4 is 4.74 Å². The van der Waals surface area contributed by atoms with Gasteiger partial charge in [0, 0.05) is 5.56 Å². The number of methoxy groups -OCH3 is 1. The standard InChI is InChI=1S/C18H15NO2S/c1-12-10-13(8-9-15(12)21-2)11-16-17(20)19-18(22-16)14-6-4-3-5-7-14/h3-11H,1-2H3/b16-11+. The summed E-state index contributed by atoms with van der Waals surface area (Å²) in [5.74, 6) is 0.658. The molecule has 1 aliphatic rings. The highest BCUT2D eigenvalue weighted by molar-refractivity contribution is 8.19. The number of benzene rings is 2.